The second kappa shape index (κ2) is 7.45. The van der Waals surface area contributed by atoms with Crippen LogP contribution in [0.5, 0.6) is 0 Å². The Hall–Kier alpha value is -3.42. The molecular formula is C19H15F3N4O. The van der Waals surface area contributed by atoms with Crippen LogP contribution >= 0.6 is 0 Å². The number of hydrogen-bond acceptors (Lipinski definition) is 5. The number of aromatic nitrogens is 2. The average Bonchev–Trinajstić information content (AvgIpc) is 2.62. The van der Waals surface area contributed by atoms with Gasteiger partial charge in [-0.3, -0.25) is 4.79 Å². The lowest BCUT2D eigenvalue weighted by molar-refractivity contribution is -0.137. The molecule has 27 heavy (non-hydrogen) atoms. The Kier molecular flexibility index (Phi) is 5.07. The number of nitrogens with one attached hydrogen (secondary N) is 2. The van der Waals surface area contributed by atoms with Crippen LogP contribution in [0.15, 0.2) is 60.8 Å². The summed E-state index contributed by atoms with van der Waals surface area (Å²) in [4.78, 5) is 19.5. The van der Waals surface area contributed by atoms with Crippen LogP contribution in [0.3, 0.4) is 0 Å². The van der Waals surface area contributed by atoms with Crippen molar-refractivity contribution < 1.29 is 18.0 Å². The highest BCUT2D eigenvalue weighted by molar-refractivity contribution is 5.94. The van der Waals surface area contributed by atoms with E-state index in [9.17, 15) is 18.0 Å². The van der Waals surface area contributed by atoms with Crippen LogP contribution in [-0.2, 0) is 6.18 Å². The molecule has 0 fully saturated rings. The van der Waals surface area contributed by atoms with E-state index in [0.29, 0.717) is 17.1 Å². The lowest BCUT2D eigenvalue weighted by atomic mass is 10.1. The SMILES string of the molecule is CC(=O)c1ccc(Nc2ccnc(Nc3cccc(C(F)(F)F)c3)n2)cc1. The van der Waals surface area contributed by atoms with Gasteiger partial charge in [0, 0.05) is 23.1 Å². The van der Waals surface area contributed by atoms with Gasteiger partial charge in [-0.15, -0.1) is 0 Å². The number of nitrogens with zero attached hydrogens (tertiary/aromatic N) is 2. The normalized spacial score (nSPS) is 11.1. The fourth-order valence-electron chi connectivity index (χ4n) is 2.33. The molecule has 0 atom stereocenters. The molecule has 0 amide bonds. The third kappa shape index (κ3) is 4.81. The summed E-state index contributed by atoms with van der Waals surface area (Å²) in [6.45, 7) is 1.48. The van der Waals surface area contributed by atoms with E-state index in [4.69, 9.17) is 0 Å². The van der Waals surface area contributed by atoms with E-state index in [0.717, 1.165) is 12.1 Å². The number of hydrogen-bond donors (Lipinski definition) is 2. The van der Waals surface area contributed by atoms with Crippen molar-refractivity contribution in [2.45, 2.75) is 13.1 Å². The number of carbonyl (C=O) groups excluding carboxylic acids is 1. The zero-order chi connectivity index (χ0) is 19.4. The first kappa shape index (κ1) is 18.4. The summed E-state index contributed by atoms with van der Waals surface area (Å²) in [6.07, 6.45) is -2.94. The molecule has 0 aliphatic carbocycles. The predicted molar refractivity (Wildman–Crippen MR) is 96.5 cm³/mol. The Labute approximate surface area is 153 Å². The second-order valence-electron chi connectivity index (χ2n) is 5.73. The van der Waals surface area contributed by atoms with E-state index in [1.54, 1.807) is 30.3 Å². The molecule has 138 valence electrons. The molecule has 0 unspecified atom stereocenters. The highest BCUT2D eigenvalue weighted by Crippen LogP contribution is 2.31. The third-order valence-corrected chi connectivity index (χ3v) is 3.67. The van der Waals surface area contributed by atoms with Crippen molar-refractivity contribution in [3.8, 4) is 0 Å². The fraction of sp³-hybridized carbons (Fsp3) is 0.105. The van der Waals surface area contributed by atoms with Crippen molar-refractivity contribution in [3.63, 3.8) is 0 Å². The summed E-state index contributed by atoms with van der Waals surface area (Å²) >= 11 is 0. The summed E-state index contributed by atoms with van der Waals surface area (Å²) < 4.78 is 38.4. The number of carbonyl (C=O) groups is 1. The molecule has 0 saturated carbocycles. The zero-order valence-corrected chi connectivity index (χ0v) is 14.2. The van der Waals surface area contributed by atoms with Gasteiger partial charge in [0.05, 0.1) is 5.56 Å². The van der Waals surface area contributed by atoms with Crippen molar-refractivity contribution in [2.75, 3.05) is 10.6 Å². The van der Waals surface area contributed by atoms with E-state index >= 15 is 0 Å². The van der Waals surface area contributed by atoms with E-state index in [-0.39, 0.29) is 17.4 Å². The second-order valence-corrected chi connectivity index (χ2v) is 5.73. The number of benzene rings is 2. The van der Waals surface area contributed by atoms with Crippen LogP contribution < -0.4 is 10.6 Å². The summed E-state index contributed by atoms with van der Waals surface area (Å²) in [7, 11) is 0. The maximum absolute atomic E-state index is 12.8. The Balaban J connectivity index is 1.75. The quantitative estimate of drug-likeness (QED) is 0.604. The van der Waals surface area contributed by atoms with Crippen LogP contribution in [0.4, 0.5) is 36.3 Å². The van der Waals surface area contributed by atoms with Crippen molar-refractivity contribution in [1.29, 1.82) is 0 Å². The topological polar surface area (TPSA) is 66.9 Å². The number of alkyl halides is 3. The summed E-state index contributed by atoms with van der Waals surface area (Å²) in [5.74, 6) is 0.575. The lowest BCUT2D eigenvalue weighted by Crippen LogP contribution is -2.06. The van der Waals surface area contributed by atoms with Crippen LogP contribution in [0.2, 0.25) is 0 Å². The van der Waals surface area contributed by atoms with Crippen molar-refractivity contribution in [3.05, 3.63) is 71.9 Å². The molecule has 0 spiro atoms. The van der Waals surface area contributed by atoms with Gasteiger partial charge in [-0.05, 0) is 55.5 Å². The van der Waals surface area contributed by atoms with E-state index < -0.39 is 11.7 Å². The predicted octanol–water partition coefficient (Wildman–Crippen LogP) is 5.19. The molecule has 5 nitrogen and oxygen atoms in total. The molecule has 1 aromatic heterocycles. The monoisotopic (exact) mass is 372 g/mol. The standard InChI is InChI=1S/C19H15F3N4O/c1-12(27)13-5-7-15(8-6-13)24-17-9-10-23-18(26-17)25-16-4-2-3-14(11-16)19(20,21)22/h2-11H,1H3,(H2,23,24,25,26). The van der Waals surface area contributed by atoms with Gasteiger partial charge in [0.2, 0.25) is 5.95 Å². The molecule has 1 heterocycles. The molecule has 0 radical (unpaired) electrons. The summed E-state index contributed by atoms with van der Waals surface area (Å²) in [5, 5.41) is 5.81. The summed E-state index contributed by atoms with van der Waals surface area (Å²) in [6, 6.07) is 13.3. The van der Waals surface area contributed by atoms with Crippen LogP contribution in [-0.4, -0.2) is 15.8 Å². The minimum Gasteiger partial charge on any atom is -0.340 e. The minimum atomic E-state index is -4.42. The zero-order valence-electron chi connectivity index (χ0n) is 14.2. The maximum Gasteiger partial charge on any atom is 0.416 e. The Morgan fingerprint density at radius 2 is 1.70 bits per heavy atom. The lowest BCUT2D eigenvalue weighted by Gasteiger charge is -2.11. The summed E-state index contributed by atoms with van der Waals surface area (Å²) in [5.41, 5.74) is 0.777. The maximum atomic E-state index is 12.8. The van der Waals surface area contributed by atoms with Gasteiger partial charge in [-0.2, -0.15) is 18.2 Å². The first-order valence-electron chi connectivity index (χ1n) is 7.96. The van der Waals surface area contributed by atoms with Crippen molar-refractivity contribution >= 4 is 28.9 Å². The Bertz CT molecular complexity index is 956. The average molecular weight is 372 g/mol. The molecule has 3 rings (SSSR count). The molecule has 2 N–H and O–H groups in total. The largest absolute Gasteiger partial charge is 0.416 e. The molecule has 0 aliphatic rings. The molecule has 8 heteroatoms. The first-order valence-corrected chi connectivity index (χ1v) is 7.96. The van der Waals surface area contributed by atoms with Crippen LogP contribution in [0, 0.1) is 0 Å². The van der Waals surface area contributed by atoms with Gasteiger partial charge in [-0.25, -0.2) is 4.98 Å². The van der Waals surface area contributed by atoms with Crippen LogP contribution in [0.25, 0.3) is 0 Å². The Morgan fingerprint density at radius 3 is 2.37 bits per heavy atom. The van der Waals surface area contributed by atoms with Crippen molar-refractivity contribution in [2.24, 2.45) is 0 Å². The van der Waals surface area contributed by atoms with E-state index in [1.165, 1.54) is 25.3 Å². The van der Waals surface area contributed by atoms with Gasteiger partial charge in [0.15, 0.2) is 5.78 Å². The first-order chi connectivity index (χ1) is 12.8. The van der Waals surface area contributed by atoms with Gasteiger partial charge in [-0.1, -0.05) is 6.07 Å². The number of rotatable bonds is 5. The molecular weight excluding hydrogens is 357 g/mol. The number of Topliss-reactive ketones (excluding diaryl/α,β-unsaturated/α-hetero) is 1. The highest BCUT2D eigenvalue weighted by atomic mass is 19.4. The molecule has 2 aromatic carbocycles. The number of anilines is 4. The van der Waals surface area contributed by atoms with Gasteiger partial charge >= 0.3 is 6.18 Å². The highest BCUT2D eigenvalue weighted by Gasteiger charge is 2.30. The fourth-order valence-corrected chi connectivity index (χ4v) is 2.33. The van der Waals surface area contributed by atoms with Gasteiger partial charge < -0.3 is 10.6 Å². The molecule has 3 aromatic rings. The molecule has 0 aliphatic heterocycles. The minimum absolute atomic E-state index is 0.0313. The number of ketones is 1. The smallest absolute Gasteiger partial charge is 0.340 e. The molecule has 0 saturated heterocycles. The van der Waals surface area contributed by atoms with Gasteiger partial charge in [0.25, 0.3) is 0 Å². The Morgan fingerprint density at radius 1 is 0.963 bits per heavy atom. The number of halogens is 3. The third-order valence-electron chi connectivity index (χ3n) is 3.67. The molecule has 0 bridgehead atoms. The van der Waals surface area contributed by atoms with Gasteiger partial charge in [0.1, 0.15) is 5.82 Å². The van der Waals surface area contributed by atoms with Crippen LogP contribution in [0.1, 0.15) is 22.8 Å². The van der Waals surface area contributed by atoms with E-state index in [2.05, 4.69) is 20.6 Å². The van der Waals surface area contributed by atoms with E-state index in [1.807, 2.05) is 0 Å². The van der Waals surface area contributed by atoms with Crippen molar-refractivity contribution in [1.82, 2.24) is 9.97 Å².